The van der Waals surface area contributed by atoms with Crippen molar-refractivity contribution in [3.8, 4) is 5.75 Å². The first kappa shape index (κ1) is 27.9. The number of methoxy groups -OCH3 is 2. The average Bonchev–Trinajstić information content (AvgIpc) is 2.95. The molecule has 11 nitrogen and oxygen atoms in total. The molecule has 0 saturated carbocycles. The van der Waals surface area contributed by atoms with Gasteiger partial charge in [-0.3, -0.25) is 14.6 Å². The molecule has 1 aliphatic rings. The molecule has 0 atom stereocenters. The number of fused-ring (bicyclic) bond motifs is 1. The largest absolute Gasteiger partial charge is 0.497 e. The average molecular weight is 557 g/mol. The quantitative estimate of drug-likeness (QED) is 0.314. The molecule has 1 aromatic heterocycles. The SMILES string of the molecule is CNc1ncc2c(n1)N(CC(=C=O)OC)C(=O)N(c1cc(NC(=O)c3cccc(C(F)(F)F)c3)cc(OC)c1)C2. The van der Waals surface area contributed by atoms with E-state index in [0.717, 1.165) is 18.2 Å². The van der Waals surface area contributed by atoms with Crippen molar-refractivity contribution in [1.82, 2.24) is 9.97 Å². The minimum Gasteiger partial charge on any atom is -0.497 e. The van der Waals surface area contributed by atoms with E-state index in [4.69, 9.17) is 9.47 Å². The van der Waals surface area contributed by atoms with Gasteiger partial charge in [-0.2, -0.15) is 18.2 Å². The Labute approximate surface area is 226 Å². The van der Waals surface area contributed by atoms with Crippen LogP contribution in [0.1, 0.15) is 21.5 Å². The predicted octanol–water partition coefficient (Wildman–Crippen LogP) is 4.11. The summed E-state index contributed by atoms with van der Waals surface area (Å²) < 4.78 is 49.7. The zero-order chi connectivity index (χ0) is 29.0. The number of ether oxygens (including phenoxy) is 2. The van der Waals surface area contributed by atoms with E-state index < -0.39 is 23.7 Å². The first-order valence-corrected chi connectivity index (χ1v) is 11.7. The number of carbonyl (C=O) groups excluding carboxylic acids is 3. The van der Waals surface area contributed by atoms with Crippen LogP contribution >= 0.6 is 0 Å². The summed E-state index contributed by atoms with van der Waals surface area (Å²) in [7, 11) is 4.26. The molecule has 2 N–H and O–H groups in total. The van der Waals surface area contributed by atoms with Crippen molar-refractivity contribution in [3.63, 3.8) is 0 Å². The second-order valence-corrected chi connectivity index (χ2v) is 8.43. The van der Waals surface area contributed by atoms with Crippen LogP contribution in [0.2, 0.25) is 0 Å². The van der Waals surface area contributed by atoms with E-state index in [1.54, 1.807) is 13.0 Å². The maximum absolute atomic E-state index is 13.7. The molecule has 40 heavy (non-hydrogen) atoms. The third-order valence-electron chi connectivity index (χ3n) is 5.92. The molecule has 1 aliphatic heterocycles. The summed E-state index contributed by atoms with van der Waals surface area (Å²) in [5.74, 6) is 1.47. The van der Waals surface area contributed by atoms with Gasteiger partial charge in [0.15, 0.2) is 11.7 Å². The Kier molecular flexibility index (Phi) is 7.91. The predicted molar refractivity (Wildman–Crippen MR) is 139 cm³/mol. The Morgan fingerprint density at radius 3 is 2.60 bits per heavy atom. The lowest BCUT2D eigenvalue weighted by Crippen LogP contribution is -2.49. The first-order valence-electron chi connectivity index (χ1n) is 11.7. The number of rotatable bonds is 8. The molecule has 2 aromatic carbocycles. The van der Waals surface area contributed by atoms with E-state index in [2.05, 4.69) is 20.6 Å². The fourth-order valence-corrected chi connectivity index (χ4v) is 3.93. The van der Waals surface area contributed by atoms with Gasteiger partial charge in [0.1, 0.15) is 11.6 Å². The van der Waals surface area contributed by atoms with E-state index >= 15 is 0 Å². The van der Waals surface area contributed by atoms with Crippen LogP contribution in [-0.4, -0.2) is 55.7 Å². The maximum Gasteiger partial charge on any atom is 0.416 e. The van der Waals surface area contributed by atoms with Crippen molar-refractivity contribution in [3.05, 3.63) is 71.1 Å². The highest BCUT2D eigenvalue weighted by Crippen LogP contribution is 2.35. The maximum atomic E-state index is 13.7. The molecule has 0 radical (unpaired) electrons. The fourth-order valence-electron chi connectivity index (χ4n) is 3.93. The number of amides is 3. The summed E-state index contributed by atoms with van der Waals surface area (Å²) >= 11 is 0. The monoisotopic (exact) mass is 556 g/mol. The van der Waals surface area contributed by atoms with Crippen LogP contribution in [-0.2, 0) is 22.3 Å². The van der Waals surface area contributed by atoms with Gasteiger partial charge in [-0.05, 0) is 24.3 Å². The first-order chi connectivity index (χ1) is 19.1. The molecular weight excluding hydrogens is 533 g/mol. The summed E-state index contributed by atoms with van der Waals surface area (Å²) in [4.78, 5) is 48.9. The molecule has 2 heterocycles. The Hall–Kier alpha value is -5.10. The van der Waals surface area contributed by atoms with Crippen molar-refractivity contribution in [2.75, 3.05) is 48.2 Å². The summed E-state index contributed by atoms with van der Waals surface area (Å²) in [6, 6.07) is 7.87. The molecule has 0 fully saturated rings. The minimum absolute atomic E-state index is 0.0238. The number of urea groups is 1. The van der Waals surface area contributed by atoms with Gasteiger partial charge >= 0.3 is 12.2 Å². The van der Waals surface area contributed by atoms with Gasteiger partial charge in [-0.25, -0.2) is 14.6 Å². The topological polar surface area (TPSA) is 126 Å². The molecule has 0 aliphatic carbocycles. The number of anilines is 4. The lowest BCUT2D eigenvalue weighted by molar-refractivity contribution is -0.137. The molecular formula is C26H23F3N6O5. The van der Waals surface area contributed by atoms with Gasteiger partial charge in [0.05, 0.1) is 38.6 Å². The number of carbonyl (C=O) groups is 2. The number of nitrogens with zero attached hydrogens (tertiary/aromatic N) is 4. The van der Waals surface area contributed by atoms with Gasteiger partial charge in [0.2, 0.25) is 5.95 Å². The van der Waals surface area contributed by atoms with Gasteiger partial charge in [-0.15, -0.1) is 0 Å². The van der Waals surface area contributed by atoms with E-state index in [-0.39, 0.29) is 53.3 Å². The lowest BCUT2D eigenvalue weighted by atomic mass is 10.1. The molecule has 3 amide bonds. The number of aromatic nitrogens is 2. The summed E-state index contributed by atoms with van der Waals surface area (Å²) in [5, 5.41) is 5.35. The van der Waals surface area contributed by atoms with Crippen molar-refractivity contribution in [2.45, 2.75) is 12.7 Å². The summed E-state index contributed by atoms with van der Waals surface area (Å²) in [6.07, 6.45) is -3.09. The van der Waals surface area contributed by atoms with E-state index in [0.29, 0.717) is 5.56 Å². The number of nitrogens with one attached hydrogen (secondary N) is 2. The Morgan fingerprint density at radius 2 is 1.95 bits per heavy atom. The molecule has 3 aromatic rings. The highest BCUT2D eigenvalue weighted by Gasteiger charge is 2.35. The standard InChI is InChI=1S/C26H23F3N6O5/c1-30-24-31-11-16-12-34(25(38)35(22(16)33-24)13-21(14-36)40-3)19-8-18(9-20(10-19)39-2)32-23(37)15-5-4-6-17(7-15)26(27,28)29/h4-11H,12-13H2,1-3H3,(H,32,37)(H,30,31,33). The van der Waals surface area contributed by atoms with Crippen LogP contribution in [0, 0.1) is 0 Å². The van der Waals surface area contributed by atoms with Crippen molar-refractivity contribution >= 4 is 41.0 Å². The highest BCUT2D eigenvalue weighted by atomic mass is 19.4. The molecule has 208 valence electrons. The zero-order valence-electron chi connectivity index (χ0n) is 21.5. The van der Waals surface area contributed by atoms with Gasteiger partial charge in [-0.1, -0.05) is 6.07 Å². The van der Waals surface area contributed by atoms with Gasteiger partial charge in [0.25, 0.3) is 5.91 Å². The van der Waals surface area contributed by atoms with Crippen molar-refractivity contribution in [1.29, 1.82) is 0 Å². The van der Waals surface area contributed by atoms with Crippen LogP contribution in [0.4, 0.5) is 41.1 Å². The minimum atomic E-state index is -4.62. The molecule has 0 spiro atoms. The van der Waals surface area contributed by atoms with Crippen molar-refractivity contribution in [2.24, 2.45) is 0 Å². The molecule has 4 rings (SSSR count). The van der Waals surface area contributed by atoms with Crippen molar-refractivity contribution < 1.29 is 37.0 Å². The number of benzene rings is 2. The molecule has 0 saturated heterocycles. The normalized spacial score (nSPS) is 12.8. The number of hydrogen-bond acceptors (Lipinski definition) is 8. The van der Waals surface area contributed by atoms with E-state index in [1.165, 1.54) is 54.5 Å². The lowest BCUT2D eigenvalue weighted by Gasteiger charge is -2.36. The molecule has 0 unspecified atom stereocenters. The van der Waals surface area contributed by atoms with Crippen LogP contribution in [0.15, 0.2) is 54.4 Å². The Morgan fingerprint density at radius 1 is 1.18 bits per heavy atom. The molecule has 14 heteroatoms. The van der Waals surface area contributed by atoms with Crippen LogP contribution < -0.4 is 25.2 Å². The van der Waals surface area contributed by atoms with E-state index in [9.17, 15) is 27.6 Å². The highest BCUT2D eigenvalue weighted by molar-refractivity contribution is 6.07. The summed E-state index contributed by atoms with van der Waals surface area (Å²) in [6.45, 7) is -0.248. The molecule has 0 bridgehead atoms. The number of alkyl halides is 3. The second-order valence-electron chi connectivity index (χ2n) is 8.43. The Bertz CT molecular complexity index is 1510. The second kappa shape index (κ2) is 11.3. The van der Waals surface area contributed by atoms with Crippen LogP contribution in [0.25, 0.3) is 0 Å². The Balaban J connectivity index is 1.70. The van der Waals surface area contributed by atoms with E-state index in [1.807, 2.05) is 0 Å². The number of hydrogen-bond donors (Lipinski definition) is 2. The third kappa shape index (κ3) is 5.81. The zero-order valence-corrected chi connectivity index (χ0v) is 21.5. The number of halogens is 3. The van der Waals surface area contributed by atoms with Gasteiger partial charge in [0, 0.05) is 42.2 Å². The fraction of sp³-hybridized carbons (Fsp3) is 0.231. The third-order valence-corrected chi connectivity index (χ3v) is 5.92. The summed E-state index contributed by atoms with van der Waals surface area (Å²) in [5.41, 5.74) is -0.191. The van der Waals surface area contributed by atoms with Gasteiger partial charge < -0.3 is 20.1 Å². The van der Waals surface area contributed by atoms with Crippen LogP contribution in [0.5, 0.6) is 5.75 Å². The van der Waals surface area contributed by atoms with Crippen LogP contribution in [0.3, 0.4) is 0 Å². The smallest absolute Gasteiger partial charge is 0.416 e.